The van der Waals surface area contributed by atoms with E-state index in [4.69, 9.17) is 9.15 Å². The van der Waals surface area contributed by atoms with Crippen molar-refractivity contribution in [2.45, 2.75) is 52.6 Å². The highest BCUT2D eigenvalue weighted by molar-refractivity contribution is 7.16. The van der Waals surface area contributed by atoms with Crippen LogP contribution in [0.1, 0.15) is 58.1 Å². The van der Waals surface area contributed by atoms with Gasteiger partial charge in [-0.1, -0.05) is 32.1 Å². The number of nitrogens with one attached hydrogen (secondary N) is 1. The summed E-state index contributed by atoms with van der Waals surface area (Å²) >= 11 is 1.44. The molecule has 0 unspecified atom stereocenters. The van der Waals surface area contributed by atoms with Crippen molar-refractivity contribution in [3.05, 3.63) is 28.9 Å². The van der Waals surface area contributed by atoms with Gasteiger partial charge < -0.3 is 14.5 Å². The molecule has 0 saturated heterocycles. The lowest BCUT2D eigenvalue weighted by Gasteiger charge is -2.19. The monoisotopic (exact) mass is 363 g/mol. The fraction of sp³-hybridized carbons (Fsp3) is 0.500. The number of aromatic nitrogens is 2. The number of anilines is 1. The summed E-state index contributed by atoms with van der Waals surface area (Å²) in [5.74, 6) is 1.09. The molecule has 25 heavy (non-hydrogen) atoms. The van der Waals surface area contributed by atoms with Gasteiger partial charge in [-0.3, -0.25) is 4.79 Å². The van der Waals surface area contributed by atoms with E-state index in [2.05, 4.69) is 36.1 Å². The van der Waals surface area contributed by atoms with Crippen molar-refractivity contribution in [2.24, 2.45) is 0 Å². The van der Waals surface area contributed by atoms with Gasteiger partial charge in [-0.25, -0.2) is 9.97 Å². The Morgan fingerprint density at radius 1 is 1.20 bits per heavy atom. The van der Waals surface area contributed by atoms with Crippen molar-refractivity contribution in [1.29, 1.82) is 0 Å². The van der Waals surface area contributed by atoms with Crippen molar-refractivity contribution >= 4 is 34.6 Å². The maximum atomic E-state index is 11.7. The summed E-state index contributed by atoms with van der Waals surface area (Å²) in [7, 11) is 0. The average molecular weight is 363 g/mol. The minimum Gasteiger partial charge on any atom is -0.459 e. The molecule has 0 aliphatic carbocycles. The van der Waals surface area contributed by atoms with E-state index in [-0.39, 0.29) is 17.9 Å². The van der Waals surface area contributed by atoms with E-state index in [0.717, 1.165) is 10.6 Å². The molecule has 1 N–H and O–H groups in total. The molecule has 0 fully saturated rings. The molecule has 0 aliphatic heterocycles. The number of nitrogens with zero attached hydrogens (tertiary/aromatic N) is 2. The Kier molecular flexibility index (Phi) is 5.67. The zero-order chi connectivity index (χ0) is 18.7. The number of ether oxygens (including phenoxy) is 1. The van der Waals surface area contributed by atoms with E-state index in [1.165, 1.54) is 11.3 Å². The lowest BCUT2D eigenvalue weighted by molar-refractivity contribution is -0.152. The number of oxazole rings is 1. The second-order valence-corrected chi connectivity index (χ2v) is 8.72. The summed E-state index contributed by atoms with van der Waals surface area (Å²) in [5, 5.41) is 3.63. The third-order valence-corrected chi connectivity index (χ3v) is 3.90. The second-order valence-electron chi connectivity index (χ2n) is 7.65. The summed E-state index contributed by atoms with van der Waals surface area (Å²) in [6.07, 6.45) is 7.17. The number of hydrogen-bond acceptors (Lipinski definition) is 7. The van der Waals surface area contributed by atoms with Crippen LogP contribution in [0.3, 0.4) is 0 Å². The Bertz CT molecular complexity index is 748. The Balaban J connectivity index is 1.91. The predicted molar refractivity (Wildman–Crippen MR) is 101 cm³/mol. The molecule has 2 aromatic rings. The number of thiazole rings is 1. The molecule has 0 saturated carbocycles. The summed E-state index contributed by atoms with van der Waals surface area (Å²) in [6, 6.07) is 0. The molecule has 136 valence electrons. The van der Waals surface area contributed by atoms with Gasteiger partial charge in [0.1, 0.15) is 17.9 Å². The van der Waals surface area contributed by atoms with Crippen LogP contribution in [0.25, 0.3) is 12.2 Å². The van der Waals surface area contributed by atoms with Crippen LogP contribution in [0.4, 0.5) is 5.13 Å². The van der Waals surface area contributed by atoms with Crippen LogP contribution in [0, 0.1) is 0 Å². The molecule has 0 bridgehead atoms. The van der Waals surface area contributed by atoms with Gasteiger partial charge in [0.15, 0.2) is 5.13 Å². The molecular formula is C18H25N3O3S. The first-order chi connectivity index (χ1) is 11.5. The van der Waals surface area contributed by atoms with Crippen molar-refractivity contribution in [3.8, 4) is 0 Å². The fourth-order valence-corrected chi connectivity index (χ4v) is 2.55. The first-order valence-electron chi connectivity index (χ1n) is 8.09. The summed E-state index contributed by atoms with van der Waals surface area (Å²) in [6.45, 7) is 11.8. The van der Waals surface area contributed by atoms with Crippen LogP contribution in [0.2, 0.25) is 0 Å². The van der Waals surface area contributed by atoms with E-state index < -0.39 is 5.60 Å². The highest BCUT2D eigenvalue weighted by Gasteiger charge is 2.18. The number of carbonyl (C=O) groups is 1. The number of esters is 1. The Morgan fingerprint density at radius 3 is 2.52 bits per heavy atom. The van der Waals surface area contributed by atoms with Gasteiger partial charge in [0.25, 0.3) is 0 Å². The highest BCUT2D eigenvalue weighted by Crippen LogP contribution is 2.24. The van der Waals surface area contributed by atoms with Gasteiger partial charge in [0.05, 0.1) is 6.20 Å². The Hall–Kier alpha value is -2.15. The van der Waals surface area contributed by atoms with Crippen LogP contribution in [0.5, 0.6) is 0 Å². The van der Waals surface area contributed by atoms with Crippen LogP contribution >= 0.6 is 11.3 Å². The van der Waals surface area contributed by atoms with Crippen LogP contribution in [0.15, 0.2) is 16.8 Å². The third kappa shape index (κ3) is 6.34. The van der Waals surface area contributed by atoms with Crippen molar-refractivity contribution in [2.75, 3.05) is 11.9 Å². The summed E-state index contributed by atoms with van der Waals surface area (Å²) in [4.78, 5) is 21.1. The number of hydrogen-bond donors (Lipinski definition) is 1. The van der Waals surface area contributed by atoms with Gasteiger partial charge in [-0.15, -0.1) is 0 Å². The maximum absolute atomic E-state index is 11.7. The third-order valence-electron chi connectivity index (χ3n) is 2.98. The molecule has 0 amide bonds. The number of carbonyl (C=O) groups excluding carboxylic acids is 1. The quantitative estimate of drug-likeness (QED) is 0.796. The smallest absolute Gasteiger partial charge is 0.325 e. The molecule has 6 nitrogen and oxygen atoms in total. The molecular weight excluding hydrogens is 338 g/mol. The molecule has 7 heteroatoms. The van der Waals surface area contributed by atoms with Crippen LogP contribution < -0.4 is 5.32 Å². The minimum absolute atomic E-state index is 0.0671. The van der Waals surface area contributed by atoms with E-state index in [1.807, 2.05) is 26.8 Å². The van der Waals surface area contributed by atoms with Gasteiger partial charge in [0.2, 0.25) is 5.89 Å². The van der Waals surface area contributed by atoms with Crippen LogP contribution in [-0.4, -0.2) is 28.1 Å². The minimum atomic E-state index is -0.489. The SMILES string of the molecule is CC(C)(C)OC(=O)CNc1ncc(C=Cc2ncc(C(C)(C)C)o2)s1. The Labute approximate surface area is 152 Å². The van der Waals surface area contributed by atoms with Gasteiger partial charge in [-0.05, 0) is 26.8 Å². The Morgan fingerprint density at radius 2 is 1.92 bits per heavy atom. The molecule has 2 aromatic heterocycles. The topological polar surface area (TPSA) is 77.2 Å². The standard InChI is InChI=1S/C18H25N3O3S/c1-17(2,3)13-10-19-14(23-13)8-7-12-9-20-16(25-12)21-11-15(22)24-18(4,5)6/h7-10H,11H2,1-6H3,(H,20,21). The van der Waals surface area contributed by atoms with Crippen molar-refractivity contribution < 1.29 is 13.9 Å². The molecule has 0 atom stereocenters. The zero-order valence-corrected chi connectivity index (χ0v) is 16.4. The largest absolute Gasteiger partial charge is 0.459 e. The zero-order valence-electron chi connectivity index (χ0n) is 15.5. The van der Waals surface area contributed by atoms with Crippen molar-refractivity contribution in [1.82, 2.24) is 9.97 Å². The first kappa shape index (κ1) is 19.2. The van der Waals surface area contributed by atoms with Crippen LogP contribution in [-0.2, 0) is 14.9 Å². The lowest BCUT2D eigenvalue weighted by atomic mass is 9.94. The number of rotatable bonds is 5. The fourth-order valence-electron chi connectivity index (χ4n) is 1.84. The molecule has 0 aromatic carbocycles. The summed E-state index contributed by atoms with van der Waals surface area (Å²) in [5.41, 5.74) is -0.556. The summed E-state index contributed by atoms with van der Waals surface area (Å²) < 4.78 is 11.0. The van der Waals surface area contributed by atoms with Crippen molar-refractivity contribution in [3.63, 3.8) is 0 Å². The van der Waals surface area contributed by atoms with Gasteiger partial charge in [-0.2, -0.15) is 0 Å². The van der Waals surface area contributed by atoms with Gasteiger partial charge >= 0.3 is 5.97 Å². The van der Waals surface area contributed by atoms with Gasteiger partial charge in [0, 0.05) is 22.6 Å². The van der Waals surface area contributed by atoms with E-state index in [0.29, 0.717) is 11.0 Å². The lowest BCUT2D eigenvalue weighted by Crippen LogP contribution is -2.28. The average Bonchev–Trinajstić information content (AvgIpc) is 3.10. The molecule has 2 heterocycles. The molecule has 0 spiro atoms. The van der Waals surface area contributed by atoms with E-state index >= 15 is 0 Å². The molecule has 0 radical (unpaired) electrons. The van der Waals surface area contributed by atoms with E-state index in [9.17, 15) is 4.79 Å². The second kappa shape index (κ2) is 7.39. The predicted octanol–water partition coefficient (Wildman–Crippen LogP) is 4.35. The molecule has 2 rings (SSSR count). The first-order valence-corrected chi connectivity index (χ1v) is 8.90. The normalized spacial score (nSPS) is 12.6. The molecule has 0 aliphatic rings. The van der Waals surface area contributed by atoms with E-state index in [1.54, 1.807) is 18.5 Å². The highest BCUT2D eigenvalue weighted by atomic mass is 32.1. The maximum Gasteiger partial charge on any atom is 0.325 e.